The Hall–Kier alpha value is -3.08. The van der Waals surface area contributed by atoms with Crippen LogP contribution in [-0.2, 0) is 21.4 Å². The zero-order chi connectivity index (χ0) is 25.0. The lowest BCUT2D eigenvalue weighted by molar-refractivity contribution is -0.132. The van der Waals surface area contributed by atoms with E-state index in [1.165, 1.54) is 0 Å². The van der Waals surface area contributed by atoms with Crippen LogP contribution >= 0.6 is 0 Å². The van der Waals surface area contributed by atoms with E-state index >= 15 is 0 Å². The lowest BCUT2D eigenvalue weighted by atomic mass is 10.0. The molecule has 0 unspecified atom stereocenters. The van der Waals surface area contributed by atoms with Crippen molar-refractivity contribution in [2.24, 2.45) is 0 Å². The van der Waals surface area contributed by atoms with E-state index in [0.717, 1.165) is 5.56 Å². The summed E-state index contributed by atoms with van der Waals surface area (Å²) in [6.45, 7) is 7.03. The van der Waals surface area contributed by atoms with Gasteiger partial charge in [-0.2, -0.15) is 0 Å². The number of H-pyrrole nitrogens is 1. The number of sulfonamides is 1. The molecular weight excluding hydrogens is 466 g/mol. The van der Waals surface area contributed by atoms with E-state index in [4.69, 9.17) is 0 Å². The van der Waals surface area contributed by atoms with Crippen molar-refractivity contribution in [2.45, 2.75) is 37.6 Å². The largest absolute Gasteiger partial charge is 0.340 e. The van der Waals surface area contributed by atoms with E-state index in [9.17, 15) is 18.0 Å². The molecule has 9 nitrogen and oxygen atoms in total. The van der Waals surface area contributed by atoms with Gasteiger partial charge in [0.05, 0.1) is 22.3 Å². The zero-order valence-corrected chi connectivity index (χ0v) is 20.8. The van der Waals surface area contributed by atoms with E-state index in [1.54, 1.807) is 23.1 Å². The van der Waals surface area contributed by atoms with E-state index in [1.807, 2.05) is 44.2 Å². The number of nitrogens with one attached hydrogen (secondary N) is 2. The van der Waals surface area contributed by atoms with E-state index < -0.39 is 10.0 Å². The maximum Gasteiger partial charge on any atom is 0.258 e. The Morgan fingerprint density at radius 1 is 1.06 bits per heavy atom. The first-order valence-corrected chi connectivity index (χ1v) is 13.3. The monoisotopic (exact) mass is 497 g/mol. The molecule has 1 aromatic heterocycles. The maximum absolute atomic E-state index is 12.6. The quantitative estimate of drug-likeness (QED) is 0.492. The predicted molar refractivity (Wildman–Crippen MR) is 135 cm³/mol. The van der Waals surface area contributed by atoms with Crippen LogP contribution < -0.4 is 10.3 Å². The molecule has 186 valence electrons. The van der Waals surface area contributed by atoms with Crippen molar-refractivity contribution in [2.75, 3.05) is 32.7 Å². The van der Waals surface area contributed by atoms with Crippen molar-refractivity contribution in [3.63, 3.8) is 0 Å². The Kier molecular flexibility index (Phi) is 7.63. The van der Waals surface area contributed by atoms with Gasteiger partial charge in [-0.15, -0.1) is 0 Å². The van der Waals surface area contributed by atoms with Gasteiger partial charge < -0.3 is 9.88 Å². The summed E-state index contributed by atoms with van der Waals surface area (Å²) in [6.07, 6.45) is 0.100. The van der Waals surface area contributed by atoms with Crippen LogP contribution in [0.2, 0.25) is 0 Å². The molecule has 1 fully saturated rings. The molecule has 2 heterocycles. The van der Waals surface area contributed by atoms with Gasteiger partial charge in [-0.3, -0.25) is 14.5 Å². The average Bonchev–Trinajstić information content (AvgIpc) is 2.84. The molecule has 0 bridgehead atoms. The summed E-state index contributed by atoms with van der Waals surface area (Å²) >= 11 is 0. The highest BCUT2D eigenvalue weighted by Gasteiger charge is 2.22. The number of rotatable bonds is 8. The molecule has 1 aliphatic heterocycles. The minimum absolute atomic E-state index is 0.0512. The fourth-order valence-corrected chi connectivity index (χ4v) is 5.17. The molecule has 0 radical (unpaired) electrons. The highest BCUT2D eigenvalue weighted by atomic mass is 32.2. The van der Waals surface area contributed by atoms with Gasteiger partial charge in [0.1, 0.15) is 5.82 Å². The minimum atomic E-state index is -3.66. The number of piperazine rings is 1. The Morgan fingerprint density at radius 2 is 1.74 bits per heavy atom. The van der Waals surface area contributed by atoms with Crippen LogP contribution in [0.25, 0.3) is 10.9 Å². The Bertz CT molecular complexity index is 1340. The van der Waals surface area contributed by atoms with Crippen LogP contribution in [0.3, 0.4) is 0 Å². The lowest BCUT2D eigenvalue weighted by Gasteiger charge is -2.34. The number of hydrogen-bond acceptors (Lipinski definition) is 6. The summed E-state index contributed by atoms with van der Waals surface area (Å²) in [7, 11) is -3.66. The number of fused-ring (bicyclic) bond motifs is 1. The first-order valence-electron chi connectivity index (χ1n) is 11.8. The standard InChI is InChI=1S/C25H31N5O4S/c1-18(2)19-7-9-20(10-8-19)35(33,34)26-12-11-24(31)30-15-13-29(14-16-30)17-23-27-22-6-4-3-5-21(22)25(32)28-23/h3-10,18,26H,11-17H2,1-2H3,(H,27,28,32). The summed E-state index contributed by atoms with van der Waals surface area (Å²) in [5, 5.41) is 0.565. The molecule has 0 saturated carbocycles. The second-order valence-electron chi connectivity index (χ2n) is 9.06. The van der Waals surface area contributed by atoms with Crippen molar-refractivity contribution in [3.8, 4) is 0 Å². The lowest BCUT2D eigenvalue weighted by Crippen LogP contribution is -2.49. The van der Waals surface area contributed by atoms with Crippen molar-refractivity contribution >= 4 is 26.8 Å². The summed E-state index contributed by atoms with van der Waals surface area (Å²) in [6, 6.07) is 14.0. The van der Waals surface area contributed by atoms with E-state index in [-0.39, 0.29) is 29.3 Å². The highest BCUT2D eigenvalue weighted by molar-refractivity contribution is 7.89. The molecule has 2 aromatic carbocycles. The third-order valence-electron chi connectivity index (χ3n) is 6.25. The predicted octanol–water partition coefficient (Wildman–Crippen LogP) is 2.06. The molecule has 0 atom stereocenters. The zero-order valence-electron chi connectivity index (χ0n) is 20.0. The number of hydrogen-bond donors (Lipinski definition) is 2. The molecule has 35 heavy (non-hydrogen) atoms. The topological polar surface area (TPSA) is 115 Å². The van der Waals surface area contributed by atoms with Crippen LogP contribution in [0.5, 0.6) is 0 Å². The van der Waals surface area contributed by atoms with Gasteiger partial charge in [0.25, 0.3) is 5.56 Å². The molecule has 2 N–H and O–H groups in total. The summed E-state index contributed by atoms with van der Waals surface area (Å²) in [4.78, 5) is 36.3. The van der Waals surface area contributed by atoms with Gasteiger partial charge in [0.15, 0.2) is 0 Å². The summed E-state index contributed by atoms with van der Waals surface area (Å²) < 4.78 is 27.6. The van der Waals surface area contributed by atoms with Crippen LogP contribution in [-0.4, -0.2) is 66.8 Å². The fourth-order valence-electron chi connectivity index (χ4n) is 4.14. The third-order valence-corrected chi connectivity index (χ3v) is 7.73. The van der Waals surface area contributed by atoms with Crippen molar-refractivity contribution < 1.29 is 13.2 Å². The Morgan fingerprint density at radius 3 is 2.43 bits per heavy atom. The summed E-state index contributed by atoms with van der Waals surface area (Å²) in [5.41, 5.74) is 1.58. The number of amides is 1. The van der Waals surface area contributed by atoms with Crippen LogP contribution in [0.15, 0.2) is 58.2 Å². The molecule has 0 aliphatic carbocycles. The summed E-state index contributed by atoms with van der Waals surface area (Å²) in [5.74, 6) is 0.841. The molecule has 10 heteroatoms. The van der Waals surface area contributed by atoms with Crippen LogP contribution in [0, 0.1) is 0 Å². The van der Waals surface area contributed by atoms with Gasteiger partial charge in [0.2, 0.25) is 15.9 Å². The first-order chi connectivity index (χ1) is 16.7. The van der Waals surface area contributed by atoms with Crippen LogP contribution in [0.1, 0.15) is 37.6 Å². The van der Waals surface area contributed by atoms with Crippen molar-refractivity contribution in [1.29, 1.82) is 0 Å². The number of carbonyl (C=O) groups excluding carboxylic acids is 1. The normalized spacial score (nSPS) is 15.1. The highest BCUT2D eigenvalue weighted by Crippen LogP contribution is 2.17. The number of benzene rings is 2. The average molecular weight is 498 g/mol. The molecule has 1 amide bonds. The first kappa shape index (κ1) is 25.0. The second kappa shape index (κ2) is 10.7. The van der Waals surface area contributed by atoms with Gasteiger partial charge in [-0.1, -0.05) is 38.1 Å². The molecule has 3 aromatic rings. The molecular formula is C25H31N5O4S. The number of nitrogens with zero attached hydrogens (tertiary/aromatic N) is 3. The molecule has 1 aliphatic rings. The number of aromatic nitrogens is 2. The van der Waals surface area contributed by atoms with Gasteiger partial charge in [-0.05, 0) is 35.7 Å². The molecule has 0 spiro atoms. The van der Waals surface area contributed by atoms with E-state index in [2.05, 4.69) is 19.6 Å². The number of carbonyl (C=O) groups is 1. The molecule has 4 rings (SSSR count). The van der Waals surface area contributed by atoms with Gasteiger partial charge in [-0.25, -0.2) is 18.1 Å². The second-order valence-corrected chi connectivity index (χ2v) is 10.8. The van der Waals surface area contributed by atoms with Crippen molar-refractivity contribution in [1.82, 2.24) is 24.5 Å². The number of para-hydroxylation sites is 1. The minimum Gasteiger partial charge on any atom is -0.340 e. The SMILES string of the molecule is CC(C)c1ccc(S(=O)(=O)NCCC(=O)N2CCN(Cc3nc4ccccc4c(=O)[nH]3)CC2)cc1. The van der Waals surface area contributed by atoms with E-state index in [0.29, 0.717) is 55.4 Å². The Balaban J connectivity index is 1.24. The fraction of sp³-hybridized carbons (Fsp3) is 0.400. The van der Waals surface area contributed by atoms with Gasteiger partial charge >= 0.3 is 0 Å². The maximum atomic E-state index is 12.6. The van der Waals surface area contributed by atoms with Gasteiger partial charge in [0, 0.05) is 39.1 Å². The third kappa shape index (κ3) is 6.14. The van der Waals surface area contributed by atoms with Crippen molar-refractivity contribution in [3.05, 3.63) is 70.3 Å². The smallest absolute Gasteiger partial charge is 0.258 e. The van der Waals surface area contributed by atoms with Crippen LogP contribution in [0.4, 0.5) is 0 Å². The number of aromatic amines is 1. The molecule has 1 saturated heterocycles. The Labute approximate surface area is 205 Å².